The standard InChI is InChI=1S/C18H16FN5O2/c1-18(2)11-8-20-16(21-15(11)22-17(18)26)13-7-14(25)24(23-13)9-10-5-3-4-6-12(10)19/h3-8,25H,9H2,1-2H3,(H,20,21,22,26). The number of rotatable bonds is 3. The molecule has 0 aliphatic carbocycles. The van der Waals surface area contributed by atoms with Crippen LogP contribution in [0.4, 0.5) is 10.2 Å². The van der Waals surface area contributed by atoms with Gasteiger partial charge in [-0.25, -0.2) is 19.0 Å². The van der Waals surface area contributed by atoms with Crippen LogP contribution in [0, 0.1) is 5.82 Å². The van der Waals surface area contributed by atoms with Gasteiger partial charge in [-0.15, -0.1) is 0 Å². The van der Waals surface area contributed by atoms with Crippen LogP contribution in [0.2, 0.25) is 0 Å². The number of hydrogen-bond donors (Lipinski definition) is 2. The third kappa shape index (κ3) is 2.50. The van der Waals surface area contributed by atoms with Gasteiger partial charge in [0.05, 0.1) is 12.0 Å². The molecule has 0 atom stereocenters. The van der Waals surface area contributed by atoms with Gasteiger partial charge in [-0.3, -0.25) is 4.79 Å². The number of nitrogens with one attached hydrogen (secondary N) is 1. The van der Waals surface area contributed by atoms with E-state index in [2.05, 4.69) is 20.4 Å². The molecule has 0 saturated heterocycles. The van der Waals surface area contributed by atoms with Crippen LogP contribution in [0.25, 0.3) is 11.5 Å². The lowest BCUT2D eigenvalue weighted by atomic mass is 9.88. The van der Waals surface area contributed by atoms with Crippen LogP contribution < -0.4 is 5.32 Å². The number of benzene rings is 1. The number of aromatic hydroxyl groups is 1. The van der Waals surface area contributed by atoms with Crippen molar-refractivity contribution in [3.8, 4) is 17.4 Å². The zero-order valence-electron chi connectivity index (χ0n) is 14.2. The summed E-state index contributed by atoms with van der Waals surface area (Å²) in [5.41, 5.74) is 0.753. The van der Waals surface area contributed by atoms with E-state index in [0.29, 0.717) is 22.6 Å². The Morgan fingerprint density at radius 1 is 1.31 bits per heavy atom. The van der Waals surface area contributed by atoms with Gasteiger partial charge in [-0.1, -0.05) is 18.2 Å². The first-order valence-electron chi connectivity index (χ1n) is 8.06. The molecule has 0 unspecified atom stereocenters. The molecule has 1 amide bonds. The maximum absolute atomic E-state index is 13.8. The molecule has 1 aliphatic rings. The maximum Gasteiger partial charge on any atom is 0.235 e. The zero-order chi connectivity index (χ0) is 18.5. The minimum atomic E-state index is -0.694. The summed E-state index contributed by atoms with van der Waals surface area (Å²) in [6, 6.07) is 7.70. The van der Waals surface area contributed by atoms with Gasteiger partial charge in [-0.05, 0) is 19.9 Å². The average molecular weight is 353 g/mol. The van der Waals surface area contributed by atoms with Crippen LogP contribution in [-0.4, -0.2) is 30.8 Å². The molecule has 0 radical (unpaired) electrons. The summed E-state index contributed by atoms with van der Waals surface area (Å²) in [6.07, 6.45) is 1.59. The van der Waals surface area contributed by atoms with Crippen LogP contribution in [-0.2, 0) is 16.8 Å². The predicted molar refractivity (Wildman–Crippen MR) is 92.1 cm³/mol. The number of carbonyl (C=O) groups is 1. The number of hydrogen-bond acceptors (Lipinski definition) is 5. The normalized spacial score (nSPS) is 15.0. The third-order valence-corrected chi connectivity index (χ3v) is 4.53. The number of anilines is 1. The molecule has 132 valence electrons. The fraction of sp³-hybridized carbons (Fsp3) is 0.222. The molecule has 0 fully saturated rings. The molecule has 0 saturated carbocycles. The van der Waals surface area contributed by atoms with Crippen molar-refractivity contribution in [3.63, 3.8) is 0 Å². The van der Waals surface area contributed by atoms with Crippen LogP contribution in [0.15, 0.2) is 36.5 Å². The van der Waals surface area contributed by atoms with E-state index in [0.717, 1.165) is 0 Å². The fourth-order valence-electron chi connectivity index (χ4n) is 2.86. The SMILES string of the molecule is CC1(C)C(=O)Nc2nc(-c3cc(O)n(Cc4ccccc4F)n3)ncc21. The van der Waals surface area contributed by atoms with E-state index in [-0.39, 0.29) is 30.0 Å². The molecule has 2 N–H and O–H groups in total. The molecule has 3 heterocycles. The van der Waals surface area contributed by atoms with Gasteiger partial charge >= 0.3 is 0 Å². The van der Waals surface area contributed by atoms with Crippen molar-refractivity contribution in [2.75, 3.05) is 5.32 Å². The molecule has 7 nitrogen and oxygen atoms in total. The monoisotopic (exact) mass is 353 g/mol. The molecule has 3 aromatic rings. The summed E-state index contributed by atoms with van der Waals surface area (Å²) in [5.74, 6) is 0.0590. The summed E-state index contributed by atoms with van der Waals surface area (Å²) in [4.78, 5) is 20.6. The smallest absolute Gasteiger partial charge is 0.235 e. The van der Waals surface area contributed by atoms with Crippen LogP contribution in [0.1, 0.15) is 25.0 Å². The second-order valence-corrected chi connectivity index (χ2v) is 6.67. The Morgan fingerprint density at radius 3 is 2.85 bits per heavy atom. The lowest BCUT2D eigenvalue weighted by molar-refractivity contribution is -0.119. The Hall–Kier alpha value is -3.29. The van der Waals surface area contributed by atoms with E-state index in [1.54, 1.807) is 38.2 Å². The van der Waals surface area contributed by atoms with E-state index in [1.165, 1.54) is 16.8 Å². The highest BCUT2D eigenvalue weighted by Gasteiger charge is 2.40. The number of nitrogens with zero attached hydrogens (tertiary/aromatic N) is 4. The Morgan fingerprint density at radius 2 is 2.08 bits per heavy atom. The third-order valence-electron chi connectivity index (χ3n) is 4.53. The van der Waals surface area contributed by atoms with Gasteiger partial charge in [0, 0.05) is 23.4 Å². The van der Waals surface area contributed by atoms with Crippen LogP contribution in [0.3, 0.4) is 0 Å². The van der Waals surface area contributed by atoms with Gasteiger partial charge in [-0.2, -0.15) is 5.10 Å². The van der Waals surface area contributed by atoms with Gasteiger partial charge in [0.2, 0.25) is 11.8 Å². The van der Waals surface area contributed by atoms with Crippen LogP contribution >= 0.6 is 0 Å². The van der Waals surface area contributed by atoms with E-state index >= 15 is 0 Å². The summed E-state index contributed by atoms with van der Waals surface area (Å²) in [6.45, 7) is 3.67. The van der Waals surface area contributed by atoms with E-state index in [1.807, 2.05) is 0 Å². The van der Waals surface area contributed by atoms with Crippen LogP contribution in [0.5, 0.6) is 5.88 Å². The highest BCUT2D eigenvalue weighted by Crippen LogP contribution is 2.36. The van der Waals surface area contributed by atoms with Crippen molar-refractivity contribution >= 4 is 11.7 Å². The van der Waals surface area contributed by atoms with Crippen molar-refractivity contribution in [1.29, 1.82) is 0 Å². The molecule has 1 aliphatic heterocycles. The Bertz CT molecular complexity index is 1030. The summed E-state index contributed by atoms with van der Waals surface area (Å²) < 4.78 is 15.1. The zero-order valence-corrected chi connectivity index (χ0v) is 14.2. The second-order valence-electron chi connectivity index (χ2n) is 6.67. The fourth-order valence-corrected chi connectivity index (χ4v) is 2.86. The summed E-state index contributed by atoms with van der Waals surface area (Å²) >= 11 is 0. The number of carbonyl (C=O) groups excluding carboxylic acids is 1. The Kier molecular flexibility index (Phi) is 3.50. The first-order chi connectivity index (χ1) is 12.4. The molecular formula is C18H16FN5O2. The van der Waals surface area contributed by atoms with Gasteiger partial charge in [0.1, 0.15) is 17.3 Å². The molecule has 1 aromatic carbocycles. The average Bonchev–Trinajstić information content (AvgIpc) is 3.07. The lowest BCUT2D eigenvalue weighted by Crippen LogP contribution is -2.26. The minimum Gasteiger partial charge on any atom is -0.493 e. The van der Waals surface area contributed by atoms with E-state index in [4.69, 9.17) is 0 Å². The van der Waals surface area contributed by atoms with Crippen molar-refractivity contribution in [2.45, 2.75) is 25.8 Å². The van der Waals surface area contributed by atoms with E-state index < -0.39 is 5.41 Å². The van der Waals surface area contributed by atoms with Crippen molar-refractivity contribution < 1.29 is 14.3 Å². The number of amides is 1. The molecular weight excluding hydrogens is 337 g/mol. The number of aromatic nitrogens is 4. The van der Waals surface area contributed by atoms with Crippen molar-refractivity contribution in [3.05, 3.63) is 53.5 Å². The van der Waals surface area contributed by atoms with Gasteiger partial charge < -0.3 is 10.4 Å². The molecule has 0 spiro atoms. The Labute approximate surface area is 148 Å². The molecule has 2 aromatic heterocycles. The summed E-state index contributed by atoms with van der Waals surface area (Å²) in [5, 5.41) is 17.1. The highest BCUT2D eigenvalue weighted by atomic mass is 19.1. The number of halogens is 1. The van der Waals surface area contributed by atoms with Crippen molar-refractivity contribution in [1.82, 2.24) is 19.7 Å². The molecule has 4 rings (SSSR count). The molecule has 26 heavy (non-hydrogen) atoms. The molecule has 0 bridgehead atoms. The Balaban J connectivity index is 1.67. The highest BCUT2D eigenvalue weighted by molar-refractivity contribution is 6.04. The topological polar surface area (TPSA) is 92.9 Å². The quantitative estimate of drug-likeness (QED) is 0.754. The summed E-state index contributed by atoms with van der Waals surface area (Å²) in [7, 11) is 0. The first-order valence-corrected chi connectivity index (χ1v) is 8.06. The van der Waals surface area contributed by atoms with Gasteiger partial charge in [0.15, 0.2) is 5.82 Å². The largest absolute Gasteiger partial charge is 0.493 e. The van der Waals surface area contributed by atoms with E-state index in [9.17, 15) is 14.3 Å². The number of fused-ring (bicyclic) bond motifs is 1. The predicted octanol–water partition coefficient (Wildman–Crippen LogP) is 2.46. The van der Waals surface area contributed by atoms with Crippen molar-refractivity contribution in [2.24, 2.45) is 0 Å². The molecule has 8 heteroatoms. The second kappa shape index (κ2) is 5.62. The minimum absolute atomic E-state index is 0.0766. The lowest BCUT2D eigenvalue weighted by Gasteiger charge is -2.13. The van der Waals surface area contributed by atoms with Gasteiger partial charge in [0.25, 0.3) is 0 Å². The first kappa shape index (κ1) is 16.2. The maximum atomic E-state index is 13.8.